The third kappa shape index (κ3) is 3.10. The molecule has 150 valence electrons. The molecule has 1 aliphatic carbocycles. The van der Waals surface area contributed by atoms with E-state index in [-0.39, 0.29) is 1.43 Å². The Bertz CT molecular complexity index is 1550. The molecule has 0 fully saturated rings. The molecule has 0 saturated carbocycles. The van der Waals surface area contributed by atoms with Crippen LogP contribution in [0.25, 0.3) is 44.8 Å². The molecule has 1 aliphatic rings. The molecule has 31 heavy (non-hydrogen) atoms. The Morgan fingerprint density at radius 3 is 2.10 bits per heavy atom. The highest BCUT2D eigenvalue weighted by molar-refractivity contribution is 6.06. The molecule has 0 radical (unpaired) electrons. The number of fused-ring (bicyclic) bond motifs is 3. The van der Waals surface area contributed by atoms with Gasteiger partial charge in [-0.2, -0.15) is 0 Å². The van der Waals surface area contributed by atoms with Crippen LogP contribution in [-0.4, -0.2) is 0 Å². The molecule has 0 heterocycles. The van der Waals surface area contributed by atoms with Crippen LogP contribution in [0.5, 0.6) is 0 Å². The summed E-state index contributed by atoms with van der Waals surface area (Å²) in [6.07, 6.45) is 6.97. The Balaban J connectivity index is 0.00000216. The number of anilines is 2. The lowest BCUT2D eigenvalue weighted by Gasteiger charge is -2.18. The van der Waals surface area contributed by atoms with Crippen molar-refractivity contribution in [1.29, 1.82) is 0 Å². The predicted molar refractivity (Wildman–Crippen MR) is 136 cm³/mol. The molecule has 5 aromatic rings. The van der Waals surface area contributed by atoms with Gasteiger partial charge in [-0.3, -0.25) is 0 Å². The molecule has 5 aromatic carbocycles. The summed E-state index contributed by atoms with van der Waals surface area (Å²) < 4.78 is 0. The summed E-state index contributed by atoms with van der Waals surface area (Å²) >= 11 is 0. The third-order valence-electron chi connectivity index (χ3n) is 6.24. The maximum absolute atomic E-state index is 3.73. The van der Waals surface area contributed by atoms with E-state index in [0.29, 0.717) is 0 Å². The lowest BCUT2D eigenvalue weighted by atomic mass is 9.90. The van der Waals surface area contributed by atoms with Gasteiger partial charge < -0.3 is 5.32 Å². The van der Waals surface area contributed by atoms with Gasteiger partial charge >= 0.3 is 0 Å². The number of benzene rings is 5. The topological polar surface area (TPSA) is 12.0 Å². The zero-order valence-corrected chi connectivity index (χ0v) is 17.3. The smallest absolute Gasteiger partial charge is 0.0540 e. The van der Waals surface area contributed by atoms with Crippen LogP contribution in [0, 0.1) is 0 Å². The second-order valence-electron chi connectivity index (χ2n) is 8.16. The summed E-state index contributed by atoms with van der Waals surface area (Å²) in [5.41, 5.74) is 4.94. The number of nitrogens with one attached hydrogen (secondary N) is 1. The van der Waals surface area contributed by atoms with E-state index in [4.69, 9.17) is 0 Å². The lowest BCUT2D eigenvalue weighted by Crippen LogP contribution is -2.31. The molecule has 0 aliphatic heterocycles. The largest absolute Gasteiger partial charge is 0.355 e. The van der Waals surface area contributed by atoms with Gasteiger partial charge in [-0.1, -0.05) is 91.0 Å². The summed E-state index contributed by atoms with van der Waals surface area (Å²) in [5, 5.41) is 11.5. The summed E-state index contributed by atoms with van der Waals surface area (Å²) in [7, 11) is 0. The van der Waals surface area contributed by atoms with E-state index in [2.05, 4.69) is 115 Å². The first-order valence-electron chi connectivity index (χ1n) is 10.9. The van der Waals surface area contributed by atoms with Crippen molar-refractivity contribution in [3.05, 3.63) is 107 Å². The first-order chi connectivity index (χ1) is 15.4. The molecule has 0 amide bonds. The number of para-hydroxylation sites is 1. The van der Waals surface area contributed by atoms with E-state index in [1.807, 2.05) is 0 Å². The van der Waals surface area contributed by atoms with Gasteiger partial charge in [0.05, 0.1) is 5.69 Å². The number of hydrogen-bond donors (Lipinski definition) is 1. The van der Waals surface area contributed by atoms with Crippen molar-refractivity contribution < 1.29 is 1.43 Å². The van der Waals surface area contributed by atoms with Gasteiger partial charge in [0.1, 0.15) is 0 Å². The normalized spacial score (nSPS) is 12.8. The van der Waals surface area contributed by atoms with Crippen molar-refractivity contribution in [2.24, 2.45) is 0 Å². The van der Waals surface area contributed by atoms with Crippen LogP contribution in [0.4, 0.5) is 11.4 Å². The fraction of sp³-hybridized carbons (Fsp3) is 0.0667. The minimum absolute atomic E-state index is 0. The zero-order valence-electron chi connectivity index (χ0n) is 17.3. The summed E-state index contributed by atoms with van der Waals surface area (Å²) in [6.45, 7) is 0. The quantitative estimate of drug-likeness (QED) is 0.344. The first-order valence-corrected chi connectivity index (χ1v) is 10.9. The Morgan fingerprint density at radius 1 is 0.581 bits per heavy atom. The van der Waals surface area contributed by atoms with Gasteiger partial charge in [-0.25, -0.2) is 0 Å². The molecule has 0 bridgehead atoms. The van der Waals surface area contributed by atoms with Crippen molar-refractivity contribution in [2.75, 3.05) is 5.32 Å². The molecule has 1 heteroatoms. The van der Waals surface area contributed by atoms with E-state index in [0.717, 1.165) is 18.5 Å². The number of hydrogen-bond acceptors (Lipinski definition) is 1. The SMILES string of the molecule is C1=c2c(Nc3ccccc3)c3ccccc3c(-c3ccc4ccccc4c3)c2=CCC1.[HH]. The van der Waals surface area contributed by atoms with Gasteiger partial charge in [-0.05, 0) is 63.5 Å². The highest BCUT2D eigenvalue weighted by Crippen LogP contribution is 2.32. The molecular weight excluding hydrogens is 374 g/mol. The van der Waals surface area contributed by atoms with E-state index < -0.39 is 0 Å². The van der Waals surface area contributed by atoms with Crippen molar-refractivity contribution in [2.45, 2.75) is 12.8 Å². The maximum Gasteiger partial charge on any atom is 0.0540 e. The van der Waals surface area contributed by atoms with Gasteiger partial charge in [0, 0.05) is 17.7 Å². The Kier molecular flexibility index (Phi) is 4.32. The molecule has 0 aromatic heterocycles. The molecule has 1 N–H and O–H groups in total. The Hall–Kier alpha value is -3.84. The van der Waals surface area contributed by atoms with Gasteiger partial charge in [0.2, 0.25) is 0 Å². The van der Waals surface area contributed by atoms with Crippen LogP contribution < -0.4 is 15.8 Å². The Morgan fingerprint density at radius 2 is 1.26 bits per heavy atom. The minimum atomic E-state index is 0. The van der Waals surface area contributed by atoms with Crippen molar-refractivity contribution in [3.8, 4) is 11.1 Å². The fourth-order valence-electron chi connectivity index (χ4n) is 4.81. The van der Waals surface area contributed by atoms with E-state index in [9.17, 15) is 0 Å². The van der Waals surface area contributed by atoms with Crippen molar-refractivity contribution >= 4 is 45.1 Å². The summed E-state index contributed by atoms with van der Waals surface area (Å²) in [5.74, 6) is 0. The van der Waals surface area contributed by atoms with Crippen LogP contribution in [-0.2, 0) is 0 Å². The van der Waals surface area contributed by atoms with Gasteiger partial charge in [0.25, 0.3) is 0 Å². The van der Waals surface area contributed by atoms with E-state index in [1.165, 1.54) is 48.8 Å². The average Bonchev–Trinajstić information content (AvgIpc) is 2.84. The third-order valence-corrected chi connectivity index (χ3v) is 6.24. The highest BCUT2D eigenvalue weighted by Gasteiger charge is 2.15. The summed E-state index contributed by atoms with van der Waals surface area (Å²) in [6, 6.07) is 34.7. The average molecular weight is 400 g/mol. The molecule has 1 nitrogen and oxygen atoms in total. The van der Waals surface area contributed by atoms with Gasteiger partial charge in [-0.15, -0.1) is 0 Å². The molecule has 0 spiro atoms. The fourth-order valence-corrected chi connectivity index (χ4v) is 4.81. The minimum Gasteiger partial charge on any atom is -0.355 e. The van der Waals surface area contributed by atoms with E-state index in [1.54, 1.807) is 0 Å². The monoisotopic (exact) mass is 399 g/mol. The lowest BCUT2D eigenvalue weighted by molar-refractivity contribution is 1.12. The second-order valence-corrected chi connectivity index (χ2v) is 8.16. The predicted octanol–water partition coefficient (Wildman–Crippen LogP) is 7.00. The van der Waals surface area contributed by atoms with E-state index >= 15 is 0 Å². The number of rotatable bonds is 3. The van der Waals surface area contributed by atoms with Crippen LogP contribution in [0.1, 0.15) is 14.3 Å². The van der Waals surface area contributed by atoms with Crippen molar-refractivity contribution in [3.63, 3.8) is 0 Å². The Labute approximate surface area is 183 Å². The molecule has 0 atom stereocenters. The van der Waals surface area contributed by atoms with Crippen LogP contribution in [0.2, 0.25) is 0 Å². The molecular formula is C30H25N. The van der Waals surface area contributed by atoms with Crippen LogP contribution >= 0.6 is 0 Å². The van der Waals surface area contributed by atoms with Crippen LogP contribution in [0.15, 0.2) is 97.1 Å². The molecule has 0 saturated heterocycles. The van der Waals surface area contributed by atoms with Gasteiger partial charge in [0.15, 0.2) is 0 Å². The summed E-state index contributed by atoms with van der Waals surface area (Å²) in [4.78, 5) is 0. The van der Waals surface area contributed by atoms with Crippen LogP contribution in [0.3, 0.4) is 0 Å². The zero-order chi connectivity index (χ0) is 20.6. The molecule has 6 rings (SSSR count). The second kappa shape index (κ2) is 7.45. The molecule has 0 unspecified atom stereocenters. The first kappa shape index (κ1) is 18.0. The maximum atomic E-state index is 3.73. The van der Waals surface area contributed by atoms with Crippen molar-refractivity contribution in [1.82, 2.24) is 0 Å². The highest BCUT2D eigenvalue weighted by atomic mass is 14.9. The standard InChI is InChI=1S/C30H23N.H2/c1-2-12-24(13-3-1)31-30-27-16-8-6-14-25(27)29(26-15-7-9-17-28(26)30)23-19-18-21-10-4-5-11-22(21)20-23;/h1-6,8,10-20,31H,7,9H2;1H.